The molecule has 0 fully saturated rings. The van der Waals surface area contributed by atoms with Gasteiger partial charge in [-0.2, -0.15) is 0 Å². The summed E-state index contributed by atoms with van der Waals surface area (Å²) in [4.78, 5) is 23.0. The first-order chi connectivity index (χ1) is 9.59. The number of hydrogen-bond acceptors (Lipinski definition) is 3. The van der Waals surface area contributed by atoms with Crippen molar-refractivity contribution in [2.75, 3.05) is 0 Å². The highest BCUT2D eigenvalue weighted by Gasteiger charge is 2.13. The predicted octanol–water partition coefficient (Wildman–Crippen LogP) is 2.99. The van der Waals surface area contributed by atoms with Gasteiger partial charge >= 0.3 is 5.97 Å². The second kappa shape index (κ2) is 5.84. The maximum absolute atomic E-state index is 11.9. The van der Waals surface area contributed by atoms with Crippen LogP contribution in [-0.2, 0) is 0 Å². The Morgan fingerprint density at radius 3 is 2.30 bits per heavy atom. The van der Waals surface area contributed by atoms with Gasteiger partial charge < -0.3 is 10.2 Å². The molecule has 0 aromatic heterocycles. The molecule has 0 spiro atoms. The van der Waals surface area contributed by atoms with Crippen LogP contribution in [0.4, 0.5) is 0 Å². The molecule has 0 heterocycles. The molecule has 0 saturated heterocycles. The molecule has 2 N–H and O–H groups in total. The van der Waals surface area contributed by atoms with E-state index in [1.54, 1.807) is 30.3 Å². The molecule has 0 aliphatic carbocycles. The van der Waals surface area contributed by atoms with Crippen molar-refractivity contribution in [3.8, 4) is 5.75 Å². The Morgan fingerprint density at radius 1 is 0.950 bits per heavy atom. The van der Waals surface area contributed by atoms with Crippen LogP contribution in [-0.4, -0.2) is 22.0 Å². The number of carbonyl (C=O) groups is 2. The van der Waals surface area contributed by atoms with E-state index >= 15 is 0 Å². The summed E-state index contributed by atoms with van der Waals surface area (Å²) in [6.45, 7) is 0. The SMILES string of the molecule is O=C(C=Cc1cccc(O)c1C(=O)O)c1ccccc1. The van der Waals surface area contributed by atoms with Gasteiger partial charge in [-0.1, -0.05) is 48.5 Å². The molecule has 4 nitrogen and oxygen atoms in total. The van der Waals surface area contributed by atoms with Gasteiger partial charge in [-0.3, -0.25) is 4.79 Å². The molecule has 0 bridgehead atoms. The minimum atomic E-state index is -1.24. The fourth-order valence-corrected chi connectivity index (χ4v) is 1.79. The quantitative estimate of drug-likeness (QED) is 0.660. The van der Waals surface area contributed by atoms with Crippen LogP contribution >= 0.6 is 0 Å². The van der Waals surface area contributed by atoms with Crippen molar-refractivity contribution in [1.29, 1.82) is 0 Å². The van der Waals surface area contributed by atoms with E-state index in [0.717, 1.165) is 0 Å². The molecule has 0 saturated carbocycles. The van der Waals surface area contributed by atoms with Crippen LogP contribution in [0.5, 0.6) is 5.75 Å². The average Bonchev–Trinajstić information content (AvgIpc) is 2.45. The van der Waals surface area contributed by atoms with Crippen molar-refractivity contribution >= 4 is 17.8 Å². The average molecular weight is 268 g/mol. The summed E-state index contributed by atoms with van der Waals surface area (Å²) in [7, 11) is 0. The van der Waals surface area contributed by atoms with Gasteiger partial charge in [0, 0.05) is 5.56 Å². The van der Waals surface area contributed by atoms with Crippen LogP contribution in [0.15, 0.2) is 54.6 Å². The topological polar surface area (TPSA) is 74.6 Å². The highest BCUT2D eigenvalue weighted by Crippen LogP contribution is 2.22. The fourth-order valence-electron chi connectivity index (χ4n) is 1.79. The normalized spacial score (nSPS) is 10.6. The van der Waals surface area contributed by atoms with Gasteiger partial charge in [0.15, 0.2) is 5.78 Å². The predicted molar refractivity (Wildman–Crippen MR) is 74.9 cm³/mol. The van der Waals surface area contributed by atoms with Crippen LogP contribution in [0.1, 0.15) is 26.3 Å². The molecule has 20 heavy (non-hydrogen) atoms. The van der Waals surface area contributed by atoms with Crippen molar-refractivity contribution in [2.24, 2.45) is 0 Å². The number of carboxylic acids is 1. The first-order valence-corrected chi connectivity index (χ1v) is 5.92. The summed E-state index contributed by atoms with van der Waals surface area (Å²) >= 11 is 0. The Kier molecular flexibility index (Phi) is 3.96. The standard InChI is InChI=1S/C16H12O4/c17-13(11-5-2-1-3-6-11)10-9-12-7-4-8-14(18)15(12)16(19)20/h1-10,18H,(H,19,20). The third-order valence-electron chi connectivity index (χ3n) is 2.76. The van der Waals surface area contributed by atoms with E-state index in [9.17, 15) is 14.7 Å². The lowest BCUT2D eigenvalue weighted by molar-refractivity contribution is 0.0693. The van der Waals surface area contributed by atoms with Gasteiger partial charge in [0.2, 0.25) is 0 Å². The first kappa shape index (κ1) is 13.5. The van der Waals surface area contributed by atoms with Gasteiger partial charge in [0.05, 0.1) is 0 Å². The number of rotatable bonds is 4. The molecule has 2 aromatic carbocycles. The Hall–Kier alpha value is -2.88. The Labute approximate surface area is 115 Å². The third-order valence-corrected chi connectivity index (χ3v) is 2.76. The van der Waals surface area contributed by atoms with Gasteiger partial charge in [0.25, 0.3) is 0 Å². The lowest BCUT2D eigenvalue weighted by atomic mass is 10.0. The fraction of sp³-hybridized carbons (Fsp3) is 0. The Bertz CT molecular complexity index is 672. The van der Waals surface area contributed by atoms with Crippen molar-refractivity contribution in [2.45, 2.75) is 0 Å². The summed E-state index contributed by atoms with van der Waals surface area (Å²) in [5.74, 6) is -1.80. The molecule has 0 unspecified atom stereocenters. The number of hydrogen-bond donors (Lipinski definition) is 2. The highest BCUT2D eigenvalue weighted by atomic mass is 16.4. The number of aromatic carboxylic acids is 1. The lowest BCUT2D eigenvalue weighted by Gasteiger charge is -2.03. The molecule has 2 aromatic rings. The van der Waals surface area contributed by atoms with Gasteiger partial charge in [-0.05, 0) is 17.7 Å². The van der Waals surface area contributed by atoms with Crippen molar-refractivity contribution < 1.29 is 19.8 Å². The number of allylic oxidation sites excluding steroid dienone is 1. The number of carbonyl (C=O) groups excluding carboxylic acids is 1. The van der Waals surface area contributed by atoms with Crippen molar-refractivity contribution in [3.05, 3.63) is 71.3 Å². The summed E-state index contributed by atoms with van der Waals surface area (Å²) in [5, 5.41) is 18.6. The van der Waals surface area contributed by atoms with E-state index in [0.29, 0.717) is 5.56 Å². The zero-order valence-electron chi connectivity index (χ0n) is 10.5. The van der Waals surface area contributed by atoms with E-state index < -0.39 is 5.97 Å². The van der Waals surface area contributed by atoms with Gasteiger partial charge in [0.1, 0.15) is 11.3 Å². The first-order valence-electron chi connectivity index (χ1n) is 5.92. The molecule has 100 valence electrons. The molecule has 0 aliphatic heterocycles. The molecule has 0 amide bonds. The second-order valence-electron chi connectivity index (χ2n) is 4.11. The van der Waals surface area contributed by atoms with Crippen molar-refractivity contribution in [1.82, 2.24) is 0 Å². The second-order valence-corrected chi connectivity index (χ2v) is 4.11. The van der Waals surface area contributed by atoms with Crippen LogP contribution in [0.2, 0.25) is 0 Å². The van der Waals surface area contributed by atoms with Gasteiger partial charge in [-0.15, -0.1) is 0 Å². The maximum Gasteiger partial charge on any atom is 0.340 e. The Morgan fingerprint density at radius 2 is 1.65 bits per heavy atom. The summed E-state index contributed by atoms with van der Waals surface area (Å²) < 4.78 is 0. The molecule has 0 aliphatic rings. The van der Waals surface area contributed by atoms with Crippen molar-refractivity contribution in [3.63, 3.8) is 0 Å². The Balaban J connectivity index is 2.31. The number of phenols is 1. The molecule has 2 rings (SSSR count). The van der Waals surface area contributed by atoms with Crippen LogP contribution in [0, 0.1) is 0 Å². The van der Waals surface area contributed by atoms with Crippen LogP contribution < -0.4 is 0 Å². The maximum atomic E-state index is 11.9. The lowest BCUT2D eigenvalue weighted by Crippen LogP contribution is -2.00. The minimum absolute atomic E-state index is 0.218. The van der Waals surface area contributed by atoms with E-state index in [1.165, 1.54) is 30.4 Å². The monoisotopic (exact) mass is 268 g/mol. The van der Waals surface area contributed by atoms with Gasteiger partial charge in [-0.25, -0.2) is 4.79 Å². The van der Waals surface area contributed by atoms with E-state index in [1.807, 2.05) is 0 Å². The highest BCUT2D eigenvalue weighted by molar-refractivity contribution is 6.07. The molecule has 0 radical (unpaired) electrons. The zero-order chi connectivity index (χ0) is 14.5. The number of aromatic hydroxyl groups is 1. The van der Waals surface area contributed by atoms with Crippen LogP contribution in [0.3, 0.4) is 0 Å². The summed E-state index contributed by atoms with van der Waals surface area (Å²) in [5.41, 5.74) is 0.576. The summed E-state index contributed by atoms with van der Waals surface area (Å²) in [6.07, 6.45) is 2.68. The van der Waals surface area contributed by atoms with E-state index in [4.69, 9.17) is 5.11 Å². The smallest absolute Gasteiger partial charge is 0.340 e. The van der Waals surface area contributed by atoms with E-state index in [-0.39, 0.29) is 22.7 Å². The third kappa shape index (κ3) is 2.92. The number of benzene rings is 2. The van der Waals surface area contributed by atoms with E-state index in [2.05, 4.69) is 0 Å². The molecule has 0 atom stereocenters. The minimum Gasteiger partial charge on any atom is -0.507 e. The molecular formula is C16H12O4. The molecular weight excluding hydrogens is 256 g/mol. The number of carboxylic acid groups (broad SMARTS) is 1. The van der Waals surface area contributed by atoms with Crippen LogP contribution in [0.25, 0.3) is 6.08 Å². The number of ketones is 1. The summed E-state index contributed by atoms with van der Waals surface area (Å²) in [6, 6.07) is 13.0. The largest absolute Gasteiger partial charge is 0.507 e. The molecule has 4 heteroatoms. The zero-order valence-corrected chi connectivity index (χ0v) is 10.5.